The van der Waals surface area contributed by atoms with Crippen LogP contribution in [0, 0.1) is 0 Å². The number of nitrogens with zero attached hydrogens (tertiary/aromatic N) is 2. The first-order valence-corrected chi connectivity index (χ1v) is 3.79. The fraction of sp³-hybridized carbons (Fsp3) is 0. The number of nitrogens with one attached hydrogen (secondary N) is 2. The molecule has 0 amide bonds. The summed E-state index contributed by atoms with van der Waals surface area (Å²) in [7, 11) is -3.72. The summed E-state index contributed by atoms with van der Waals surface area (Å²) in [6.07, 6.45) is 1.27. The second-order valence-electron chi connectivity index (χ2n) is 1.51. The van der Waals surface area contributed by atoms with Crippen LogP contribution in [-0.4, -0.2) is 23.8 Å². The Hall–Kier alpha value is -1.15. The molecule has 0 aliphatic heterocycles. The van der Waals surface area contributed by atoms with Crippen LogP contribution >= 0.6 is 0 Å². The van der Waals surface area contributed by atoms with Gasteiger partial charge >= 0.3 is 0 Å². The lowest BCUT2D eigenvalue weighted by Crippen LogP contribution is -2.21. The number of H-pyrrole nitrogens is 1. The Morgan fingerprint density at radius 1 is 1.70 bits per heavy atom. The highest BCUT2D eigenvalue weighted by atomic mass is 32.2. The molecule has 1 heterocycles. The molecule has 1 rings (SSSR count). The monoisotopic (exact) mass is 163 g/mol. The van der Waals surface area contributed by atoms with Crippen molar-refractivity contribution in [3.8, 4) is 0 Å². The van der Waals surface area contributed by atoms with Crippen molar-refractivity contribution in [2.75, 3.05) is 4.72 Å². The molecular weight excluding hydrogens is 158 g/mol. The van der Waals surface area contributed by atoms with Crippen LogP contribution in [0.25, 0.3) is 0 Å². The first-order valence-electron chi connectivity index (χ1n) is 2.25. The highest BCUT2D eigenvalue weighted by molar-refractivity contribution is 7.90. The lowest BCUT2D eigenvalue weighted by atomic mass is 10.8. The molecule has 0 aliphatic carbocycles. The number of nitrogens with two attached hydrogens (primary N) is 1. The van der Waals surface area contributed by atoms with Gasteiger partial charge in [-0.05, 0) is 0 Å². The van der Waals surface area contributed by atoms with Crippen LogP contribution in [0.15, 0.2) is 6.20 Å². The van der Waals surface area contributed by atoms with Crippen LogP contribution < -0.4 is 9.86 Å². The van der Waals surface area contributed by atoms with E-state index in [1.165, 1.54) is 6.20 Å². The normalized spacial score (nSPS) is 11.3. The summed E-state index contributed by atoms with van der Waals surface area (Å²) in [4.78, 5) is 0. The van der Waals surface area contributed by atoms with Crippen LogP contribution in [0.1, 0.15) is 0 Å². The summed E-state index contributed by atoms with van der Waals surface area (Å²) in [5.74, 6) is 0.0718. The van der Waals surface area contributed by atoms with E-state index in [1.54, 1.807) is 0 Å². The topological polar surface area (TPSA) is 114 Å². The molecule has 10 heavy (non-hydrogen) atoms. The van der Waals surface area contributed by atoms with Crippen molar-refractivity contribution in [1.29, 1.82) is 0 Å². The molecule has 0 unspecified atom stereocenters. The molecule has 0 bridgehead atoms. The van der Waals surface area contributed by atoms with E-state index in [4.69, 9.17) is 0 Å². The van der Waals surface area contributed by atoms with E-state index in [0.29, 0.717) is 0 Å². The minimum absolute atomic E-state index is 0.0718. The van der Waals surface area contributed by atoms with Crippen LogP contribution in [0.3, 0.4) is 0 Å². The molecule has 1 aromatic heterocycles. The molecule has 0 radical (unpaired) electrons. The van der Waals surface area contributed by atoms with Crippen LogP contribution in [0.5, 0.6) is 0 Å². The smallest absolute Gasteiger partial charge is 0.263 e. The Labute approximate surface area is 56.8 Å². The Balaban J connectivity index is 2.75. The van der Waals surface area contributed by atoms with E-state index in [0.717, 1.165) is 0 Å². The Kier molecular flexibility index (Phi) is 1.55. The molecule has 0 aliphatic rings. The third-order valence-electron chi connectivity index (χ3n) is 0.664. The van der Waals surface area contributed by atoms with Gasteiger partial charge in [-0.25, -0.2) is 5.14 Å². The van der Waals surface area contributed by atoms with E-state index in [9.17, 15) is 8.42 Å². The van der Waals surface area contributed by atoms with Gasteiger partial charge in [0, 0.05) is 0 Å². The fourth-order valence-corrected chi connectivity index (χ4v) is 0.788. The second-order valence-corrected chi connectivity index (χ2v) is 2.80. The quantitative estimate of drug-likeness (QED) is 0.488. The van der Waals surface area contributed by atoms with Gasteiger partial charge in [-0.2, -0.15) is 8.42 Å². The molecule has 4 N–H and O–H groups in total. The van der Waals surface area contributed by atoms with E-state index >= 15 is 0 Å². The van der Waals surface area contributed by atoms with Crippen molar-refractivity contribution in [1.82, 2.24) is 15.4 Å². The highest BCUT2D eigenvalue weighted by Crippen LogP contribution is 1.95. The van der Waals surface area contributed by atoms with Gasteiger partial charge in [0.25, 0.3) is 10.2 Å². The van der Waals surface area contributed by atoms with Gasteiger partial charge in [0.15, 0.2) is 5.82 Å². The van der Waals surface area contributed by atoms with Gasteiger partial charge in [0.2, 0.25) is 0 Å². The summed E-state index contributed by atoms with van der Waals surface area (Å²) >= 11 is 0. The number of rotatable bonds is 2. The molecule has 0 atom stereocenters. The van der Waals surface area contributed by atoms with Crippen molar-refractivity contribution < 1.29 is 8.42 Å². The Morgan fingerprint density at radius 3 is 2.80 bits per heavy atom. The molecule has 0 spiro atoms. The fourth-order valence-electron chi connectivity index (χ4n) is 0.397. The number of hydrogen-bond donors (Lipinski definition) is 3. The third kappa shape index (κ3) is 1.99. The van der Waals surface area contributed by atoms with Crippen LogP contribution in [-0.2, 0) is 10.2 Å². The molecular formula is C2H5N5O2S. The molecule has 56 valence electrons. The van der Waals surface area contributed by atoms with Gasteiger partial charge in [-0.3, -0.25) is 9.82 Å². The van der Waals surface area contributed by atoms with Crippen molar-refractivity contribution in [2.24, 2.45) is 5.14 Å². The highest BCUT2D eigenvalue weighted by Gasteiger charge is 2.02. The van der Waals surface area contributed by atoms with Crippen LogP contribution in [0.2, 0.25) is 0 Å². The molecule has 1 aromatic rings. The third-order valence-corrected chi connectivity index (χ3v) is 1.16. The van der Waals surface area contributed by atoms with Gasteiger partial charge < -0.3 is 0 Å². The first-order chi connectivity index (χ1) is 4.58. The predicted molar refractivity (Wildman–Crippen MR) is 33.1 cm³/mol. The summed E-state index contributed by atoms with van der Waals surface area (Å²) < 4.78 is 22.5. The average molecular weight is 163 g/mol. The largest absolute Gasteiger partial charge is 0.297 e. The predicted octanol–water partition coefficient (Wildman–Crippen LogP) is -1.58. The lowest BCUT2D eigenvalue weighted by Gasteiger charge is -1.94. The SMILES string of the molecule is NS(=O)(=O)Nc1c[nH]nn1. The zero-order valence-electron chi connectivity index (χ0n) is 4.77. The number of anilines is 1. The summed E-state index contributed by atoms with van der Waals surface area (Å²) in [6, 6.07) is 0. The van der Waals surface area contributed by atoms with Crippen molar-refractivity contribution in [3.05, 3.63) is 6.20 Å². The van der Waals surface area contributed by atoms with Crippen molar-refractivity contribution >= 4 is 16.0 Å². The van der Waals surface area contributed by atoms with E-state index < -0.39 is 10.2 Å². The maximum atomic E-state index is 10.3. The Bertz CT molecular complexity index is 287. The van der Waals surface area contributed by atoms with Gasteiger partial charge in [0.05, 0.1) is 6.20 Å². The maximum absolute atomic E-state index is 10.3. The Morgan fingerprint density at radius 2 is 2.40 bits per heavy atom. The van der Waals surface area contributed by atoms with E-state index in [-0.39, 0.29) is 5.82 Å². The molecule has 7 nitrogen and oxygen atoms in total. The number of hydrogen-bond acceptors (Lipinski definition) is 4. The lowest BCUT2D eigenvalue weighted by molar-refractivity contribution is 0.602. The van der Waals surface area contributed by atoms with Gasteiger partial charge in [-0.1, -0.05) is 5.21 Å². The second kappa shape index (κ2) is 2.23. The molecule has 0 aromatic carbocycles. The minimum atomic E-state index is -3.72. The maximum Gasteiger partial charge on any atom is 0.297 e. The number of aromatic nitrogens is 3. The average Bonchev–Trinajstić information content (AvgIpc) is 2.12. The number of aromatic amines is 1. The summed E-state index contributed by atoms with van der Waals surface area (Å²) in [5, 5.41) is 13.5. The van der Waals surface area contributed by atoms with Gasteiger partial charge in [0.1, 0.15) is 0 Å². The zero-order chi connectivity index (χ0) is 7.61. The van der Waals surface area contributed by atoms with Gasteiger partial charge in [-0.15, -0.1) is 5.10 Å². The summed E-state index contributed by atoms with van der Waals surface area (Å²) in [6.45, 7) is 0. The van der Waals surface area contributed by atoms with E-state index in [2.05, 4.69) is 20.5 Å². The van der Waals surface area contributed by atoms with Crippen molar-refractivity contribution in [2.45, 2.75) is 0 Å². The first kappa shape index (κ1) is 6.96. The zero-order valence-corrected chi connectivity index (χ0v) is 5.59. The summed E-state index contributed by atoms with van der Waals surface area (Å²) in [5.41, 5.74) is 0. The van der Waals surface area contributed by atoms with E-state index in [1.807, 2.05) is 4.72 Å². The van der Waals surface area contributed by atoms with Crippen molar-refractivity contribution in [3.63, 3.8) is 0 Å². The standard InChI is InChI=1S/C2H5N5O2S/c3-10(8,9)6-2-1-4-7-5-2/h1H,(H2,3,8,9)(H2,4,5,6,7). The molecule has 0 fully saturated rings. The minimum Gasteiger partial charge on any atom is -0.263 e. The molecule has 8 heteroatoms. The molecule has 0 saturated heterocycles. The molecule has 0 saturated carbocycles. The van der Waals surface area contributed by atoms with Crippen LogP contribution in [0.4, 0.5) is 5.82 Å².